The van der Waals surface area contributed by atoms with E-state index < -0.39 is 0 Å². The maximum Gasteiger partial charge on any atom is 0.253 e. The molecule has 1 N–H and O–H groups in total. The number of nitrogens with zero attached hydrogens (tertiary/aromatic N) is 1. The van der Waals surface area contributed by atoms with Gasteiger partial charge in [0.25, 0.3) is 5.91 Å². The summed E-state index contributed by atoms with van der Waals surface area (Å²) in [6.07, 6.45) is 0. The lowest BCUT2D eigenvalue weighted by molar-refractivity contribution is 0.0785. The van der Waals surface area contributed by atoms with Gasteiger partial charge in [-0.2, -0.15) is 0 Å². The summed E-state index contributed by atoms with van der Waals surface area (Å²) in [4.78, 5) is 14.0. The summed E-state index contributed by atoms with van der Waals surface area (Å²) in [6.45, 7) is 0.427. The molecule has 2 rings (SSSR count). The zero-order chi connectivity index (χ0) is 15.4. The van der Waals surface area contributed by atoms with Crippen LogP contribution in [-0.2, 0) is 6.54 Å². The molecule has 0 bridgehead atoms. The number of carbonyl (C=O) groups excluding carboxylic acids is 1. The molecule has 0 saturated carbocycles. The lowest BCUT2D eigenvalue weighted by Crippen LogP contribution is -2.26. The van der Waals surface area contributed by atoms with Crippen molar-refractivity contribution in [1.82, 2.24) is 4.90 Å². The highest BCUT2D eigenvalue weighted by Gasteiger charge is 2.14. The first-order valence-electron chi connectivity index (χ1n) is 6.38. The van der Waals surface area contributed by atoms with Gasteiger partial charge < -0.3 is 14.7 Å². The van der Waals surface area contributed by atoms with Gasteiger partial charge in [-0.25, -0.2) is 0 Å². The van der Waals surface area contributed by atoms with Gasteiger partial charge in [-0.3, -0.25) is 4.79 Å². The van der Waals surface area contributed by atoms with Crippen LogP contribution in [0.3, 0.4) is 0 Å². The van der Waals surface area contributed by atoms with E-state index in [4.69, 9.17) is 4.74 Å². The third kappa shape index (κ3) is 3.76. The molecule has 0 unspecified atom stereocenters. The van der Waals surface area contributed by atoms with Crippen molar-refractivity contribution in [3.63, 3.8) is 0 Å². The Morgan fingerprint density at radius 3 is 2.67 bits per heavy atom. The van der Waals surface area contributed by atoms with Crippen molar-refractivity contribution >= 4 is 21.8 Å². The van der Waals surface area contributed by atoms with Crippen molar-refractivity contribution in [3.8, 4) is 11.5 Å². The molecule has 0 saturated heterocycles. The topological polar surface area (TPSA) is 49.8 Å². The predicted octanol–water partition coefficient (Wildman–Crippen LogP) is 3.44. The van der Waals surface area contributed by atoms with Crippen LogP contribution in [0.2, 0.25) is 0 Å². The maximum atomic E-state index is 12.4. The largest absolute Gasteiger partial charge is 0.508 e. The predicted molar refractivity (Wildman–Crippen MR) is 84.6 cm³/mol. The second-order valence-electron chi connectivity index (χ2n) is 4.68. The number of aromatic hydroxyl groups is 1. The number of phenols is 1. The number of hydrogen-bond donors (Lipinski definition) is 1. The minimum Gasteiger partial charge on any atom is -0.508 e. The Morgan fingerprint density at radius 1 is 1.29 bits per heavy atom. The van der Waals surface area contributed by atoms with Gasteiger partial charge in [0.1, 0.15) is 11.5 Å². The van der Waals surface area contributed by atoms with E-state index in [9.17, 15) is 9.90 Å². The Kier molecular flexibility index (Phi) is 4.85. The van der Waals surface area contributed by atoms with Crippen molar-refractivity contribution < 1.29 is 14.6 Å². The smallest absolute Gasteiger partial charge is 0.253 e. The average Bonchev–Trinajstić information content (AvgIpc) is 2.46. The van der Waals surface area contributed by atoms with Gasteiger partial charge in [0.05, 0.1) is 11.6 Å². The Hall–Kier alpha value is -2.01. The number of amides is 1. The highest BCUT2D eigenvalue weighted by atomic mass is 79.9. The number of benzene rings is 2. The summed E-state index contributed by atoms with van der Waals surface area (Å²) in [5, 5.41) is 9.45. The lowest BCUT2D eigenvalue weighted by atomic mass is 10.1. The molecule has 0 radical (unpaired) electrons. The molecule has 0 aliphatic carbocycles. The molecule has 0 fully saturated rings. The van der Waals surface area contributed by atoms with Crippen molar-refractivity contribution in [2.45, 2.75) is 6.54 Å². The molecule has 0 aromatic heterocycles. The monoisotopic (exact) mass is 349 g/mol. The number of carbonyl (C=O) groups is 1. The molecule has 2 aromatic carbocycles. The van der Waals surface area contributed by atoms with E-state index >= 15 is 0 Å². The molecule has 1 amide bonds. The third-order valence-electron chi connectivity index (χ3n) is 3.08. The summed E-state index contributed by atoms with van der Waals surface area (Å²) in [6, 6.07) is 12.1. The molecule has 5 heteroatoms. The molecular formula is C16H16BrNO3. The Morgan fingerprint density at radius 2 is 2.05 bits per heavy atom. The average molecular weight is 350 g/mol. The minimum absolute atomic E-state index is 0.0957. The van der Waals surface area contributed by atoms with Gasteiger partial charge >= 0.3 is 0 Å². The number of rotatable bonds is 4. The number of methoxy groups -OCH3 is 1. The normalized spacial score (nSPS) is 10.2. The van der Waals surface area contributed by atoms with Crippen LogP contribution in [0.15, 0.2) is 46.9 Å². The van der Waals surface area contributed by atoms with Gasteiger partial charge in [-0.15, -0.1) is 0 Å². The van der Waals surface area contributed by atoms with Crippen LogP contribution in [0.4, 0.5) is 0 Å². The fourth-order valence-electron chi connectivity index (χ4n) is 2.02. The number of ether oxygens (including phenoxy) is 1. The zero-order valence-corrected chi connectivity index (χ0v) is 13.4. The lowest BCUT2D eigenvalue weighted by Gasteiger charge is -2.18. The summed E-state index contributed by atoms with van der Waals surface area (Å²) < 4.78 is 5.89. The van der Waals surface area contributed by atoms with E-state index in [1.807, 2.05) is 6.07 Å². The molecular weight excluding hydrogens is 334 g/mol. The van der Waals surface area contributed by atoms with Crippen LogP contribution in [-0.4, -0.2) is 30.1 Å². The fraction of sp³-hybridized carbons (Fsp3) is 0.188. The standard InChI is InChI=1S/C16H16BrNO3/c1-18(10-11-4-3-5-13(19)8-11)16(20)12-6-7-15(21-2)14(17)9-12/h3-9,19H,10H2,1-2H3. The highest BCUT2D eigenvalue weighted by Crippen LogP contribution is 2.26. The number of halogens is 1. The van der Waals surface area contributed by atoms with Crippen LogP contribution in [0, 0.1) is 0 Å². The van der Waals surface area contributed by atoms with Crippen LogP contribution >= 0.6 is 15.9 Å². The number of hydrogen-bond acceptors (Lipinski definition) is 3. The van der Waals surface area contributed by atoms with Gasteiger partial charge in [-0.1, -0.05) is 12.1 Å². The first-order chi connectivity index (χ1) is 10.0. The molecule has 0 spiro atoms. The summed E-state index contributed by atoms with van der Waals surface area (Å²) in [5.41, 5.74) is 1.45. The molecule has 0 heterocycles. The van der Waals surface area contributed by atoms with Gasteiger partial charge in [0.2, 0.25) is 0 Å². The van der Waals surface area contributed by atoms with Crippen molar-refractivity contribution in [1.29, 1.82) is 0 Å². The van der Waals surface area contributed by atoms with E-state index in [1.54, 1.807) is 55.5 Å². The zero-order valence-electron chi connectivity index (χ0n) is 11.8. The van der Waals surface area contributed by atoms with Gasteiger partial charge in [-0.05, 0) is 51.8 Å². The quantitative estimate of drug-likeness (QED) is 0.919. The summed E-state index contributed by atoms with van der Waals surface area (Å²) in [5.74, 6) is 0.782. The Bertz CT molecular complexity index is 658. The molecule has 0 atom stereocenters. The molecule has 0 aliphatic heterocycles. The first kappa shape index (κ1) is 15.4. The molecule has 4 nitrogen and oxygen atoms in total. The molecule has 110 valence electrons. The maximum absolute atomic E-state index is 12.4. The highest BCUT2D eigenvalue weighted by molar-refractivity contribution is 9.10. The molecule has 21 heavy (non-hydrogen) atoms. The molecule has 2 aromatic rings. The SMILES string of the molecule is COc1ccc(C(=O)N(C)Cc2cccc(O)c2)cc1Br. The summed E-state index contributed by atoms with van der Waals surface area (Å²) in [7, 11) is 3.31. The van der Waals surface area contributed by atoms with Crippen molar-refractivity contribution in [2.24, 2.45) is 0 Å². The summed E-state index contributed by atoms with van der Waals surface area (Å²) >= 11 is 3.37. The van der Waals surface area contributed by atoms with E-state index in [1.165, 1.54) is 0 Å². The second kappa shape index (κ2) is 6.63. The first-order valence-corrected chi connectivity index (χ1v) is 7.17. The van der Waals surface area contributed by atoms with E-state index in [0.717, 1.165) is 10.0 Å². The van der Waals surface area contributed by atoms with Crippen molar-refractivity contribution in [2.75, 3.05) is 14.2 Å². The fourth-order valence-corrected chi connectivity index (χ4v) is 2.56. The van der Waals surface area contributed by atoms with Gasteiger partial charge in [0.15, 0.2) is 0 Å². The van der Waals surface area contributed by atoms with Crippen LogP contribution in [0.5, 0.6) is 11.5 Å². The van der Waals surface area contributed by atoms with Crippen LogP contribution in [0.1, 0.15) is 15.9 Å². The Balaban J connectivity index is 2.14. The minimum atomic E-state index is -0.0957. The molecule has 0 aliphatic rings. The van der Waals surface area contributed by atoms with Gasteiger partial charge in [0, 0.05) is 19.2 Å². The van der Waals surface area contributed by atoms with E-state index in [2.05, 4.69) is 15.9 Å². The van der Waals surface area contributed by atoms with Crippen LogP contribution in [0.25, 0.3) is 0 Å². The van der Waals surface area contributed by atoms with E-state index in [-0.39, 0.29) is 11.7 Å². The third-order valence-corrected chi connectivity index (χ3v) is 3.70. The van der Waals surface area contributed by atoms with Crippen LogP contribution < -0.4 is 4.74 Å². The second-order valence-corrected chi connectivity index (χ2v) is 5.53. The Labute approximate surface area is 132 Å². The van der Waals surface area contributed by atoms with E-state index in [0.29, 0.717) is 17.9 Å². The number of phenolic OH excluding ortho intramolecular Hbond substituents is 1. The van der Waals surface area contributed by atoms with Crippen molar-refractivity contribution in [3.05, 3.63) is 58.1 Å².